The normalized spacial score (nSPS) is 11.8. The molecule has 30 heavy (non-hydrogen) atoms. The molecule has 3 aromatic carbocycles. The standard InChI is InChI=1S/C23H18ClN5S/c1-2-28-20-10-6-4-7-16(20)18-13-15(11-12-21(18)28)14-25-29-22(26-27-23(29)30)17-8-3-5-9-19(17)24/h3-14H,2H2,1H3,(H,27,30). The lowest BCUT2D eigenvalue weighted by molar-refractivity contribution is 0.827. The first-order valence-electron chi connectivity index (χ1n) is 9.65. The van der Waals surface area contributed by atoms with Gasteiger partial charge in [0, 0.05) is 33.9 Å². The van der Waals surface area contributed by atoms with E-state index in [0.717, 1.165) is 17.7 Å². The zero-order valence-electron chi connectivity index (χ0n) is 16.2. The van der Waals surface area contributed by atoms with Gasteiger partial charge in [0.2, 0.25) is 4.77 Å². The van der Waals surface area contributed by atoms with Crippen LogP contribution in [0.4, 0.5) is 0 Å². The van der Waals surface area contributed by atoms with Crippen LogP contribution in [-0.4, -0.2) is 25.7 Å². The van der Waals surface area contributed by atoms with E-state index < -0.39 is 0 Å². The van der Waals surface area contributed by atoms with Crippen molar-refractivity contribution in [2.24, 2.45) is 5.10 Å². The highest BCUT2D eigenvalue weighted by molar-refractivity contribution is 7.71. The van der Waals surface area contributed by atoms with Crippen LogP contribution in [-0.2, 0) is 6.54 Å². The largest absolute Gasteiger partial charge is 0.341 e. The van der Waals surface area contributed by atoms with Gasteiger partial charge in [-0.3, -0.25) is 0 Å². The quantitative estimate of drug-likeness (QED) is 0.269. The van der Waals surface area contributed by atoms with Gasteiger partial charge in [-0.15, -0.1) is 0 Å². The number of hydrogen-bond donors (Lipinski definition) is 1. The molecule has 2 heterocycles. The molecule has 0 fully saturated rings. The number of nitrogens with zero attached hydrogens (tertiary/aromatic N) is 4. The van der Waals surface area contributed by atoms with E-state index in [1.54, 1.807) is 10.9 Å². The molecule has 0 bridgehead atoms. The Kier molecular flexibility index (Phi) is 4.73. The van der Waals surface area contributed by atoms with Gasteiger partial charge >= 0.3 is 0 Å². The highest BCUT2D eigenvalue weighted by Crippen LogP contribution is 2.30. The maximum atomic E-state index is 6.34. The number of para-hydroxylation sites is 1. The molecule has 0 saturated heterocycles. The monoisotopic (exact) mass is 431 g/mol. The Morgan fingerprint density at radius 2 is 1.80 bits per heavy atom. The molecule has 0 saturated carbocycles. The number of halogens is 1. The lowest BCUT2D eigenvalue weighted by Crippen LogP contribution is -1.96. The number of aromatic nitrogens is 4. The van der Waals surface area contributed by atoms with Crippen LogP contribution < -0.4 is 0 Å². The number of rotatable bonds is 4. The molecule has 0 radical (unpaired) electrons. The van der Waals surface area contributed by atoms with Crippen LogP contribution in [0.15, 0.2) is 71.8 Å². The zero-order chi connectivity index (χ0) is 20.7. The summed E-state index contributed by atoms with van der Waals surface area (Å²) in [5.41, 5.74) is 4.20. The molecule has 148 valence electrons. The Hall–Kier alpha value is -3.22. The van der Waals surface area contributed by atoms with E-state index in [-0.39, 0.29) is 0 Å². The van der Waals surface area contributed by atoms with Crippen molar-refractivity contribution in [2.75, 3.05) is 0 Å². The van der Waals surface area contributed by atoms with Crippen LogP contribution in [0.25, 0.3) is 33.2 Å². The van der Waals surface area contributed by atoms with Crippen LogP contribution >= 0.6 is 23.8 Å². The average molecular weight is 432 g/mol. The minimum absolute atomic E-state index is 0.407. The number of benzene rings is 3. The van der Waals surface area contributed by atoms with Gasteiger partial charge in [-0.1, -0.05) is 48.0 Å². The molecule has 5 nitrogen and oxygen atoms in total. The summed E-state index contributed by atoms with van der Waals surface area (Å²) in [4.78, 5) is 0. The Balaban J connectivity index is 1.61. The average Bonchev–Trinajstić information content (AvgIpc) is 3.29. The fourth-order valence-corrected chi connectivity index (χ4v) is 4.23. The lowest BCUT2D eigenvalue weighted by atomic mass is 10.1. The maximum Gasteiger partial charge on any atom is 0.216 e. The minimum atomic E-state index is 0.407. The summed E-state index contributed by atoms with van der Waals surface area (Å²) < 4.78 is 4.33. The molecule has 0 amide bonds. The van der Waals surface area contributed by atoms with Crippen molar-refractivity contribution >= 4 is 51.8 Å². The molecule has 0 atom stereocenters. The van der Waals surface area contributed by atoms with E-state index in [0.29, 0.717) is 15.6 Å². The van der Waals surface area contributed by atoms with Gasteiger partial charge in [-0.2, -0.15) is 14.9 Å². The van der Waals surface area contributed by atoms with Gasteiger partial charge < -0.3 is 4.57 Å². The first-order valence-corrected chi connectivity index (χ1v) is 10.4. The van der Waals surface area contributed by atoms with Crippen LogP contribution in [0.3, 0.4) is 0 Å². The number of nitrogens with one attached hydrogen (secondary N) is 1. The second kappa shape index (κ2) is 7.55. The van der Waals surface area contributed by atoms with E-state index >= 15 is 0 Å². The summed E-state index contributed by atoms with van der Waals surface area (Å²) in [6, 6.07) is 22.3. The highest BCUT2D eigenvalue weighted by atomic mass is 35.5. The molecule has 0 aliphatic carbocycles. The second-order valence-corrected chi connectivity index (χ2v) is 7.72. The number of aromatic amines is 1. The predicted molar refractivity (Wildman–Crippen MR) is 126 cm³/mol. The minimum Gasteiger partial charge on any atom is -0.341 e. The maximum absolute atomic E-state index is 6.34. The van der Waals surface area contributed by atoms with Crippen molar-refractivity contribution in [3.63, 3.8) is 0 Å². The number of fused-ring (bicyclic) bond motifs is 3. The summed E-state index contributed by atoms with van der Waals surface area (Å²) in [5, 5.41) is 14.7. The van der Waals surface area contributed by atoms with Crippen molar-refractivity contribution in [3.8, 4) is 11.4 Å². The molecule has 1 N–H and O–H groups in total. The van der Waals surface area contributed by atoms with Gasteiger partial charge in [0.1, 0.15) is 0 Å². The molecular formula is C23H18ClN5S. The van der Waals surface area contributed by atoms with Crippen molar-refractivity contribution in [1.29, 1.82) is 0 Å². The molecule has 0 aliphatic rings. The SMILES string of the molecule is CCn1c2ccccc2c2cc(C=Nn3c(-c4ccccc4Cl)n[nH]c3=S)ccc21. The molecule has 0 aliphatic heterocycles. The first-order chi connectivity index (χ1) is 14.7. The summed E-state index contributed by atoms with van der Waals surface area (Å²) in [7, 11) is 0. The molecule has 0 spiro atoms. The van der Waals surface area contributed by atoms with Gasteiger partial charge in [0.05, 0.1) is 11.2 Å². The predicted octanol–water partition coefficient (Wildman–Crippen LogP) is 6.27. The lowest BCUT2D eigenvalue weighted by Gasteiger charge is -2.04. The third-order valence-electron chi connectivity index (χ3n) is 5.20. The van der Waals surface area contributed by atoms with Gasteiger partial charge in [-0.05, 0) is 55.0 Å². The van der Waals surface area contributed by atoms with Crippen LogP contribution in [0.2, 0.25) is 5.02 Å². The van der Waals surface area contributed by atoms with Crippen molar-refractivity contribution in [1.82, 2.24) is 19.4 Å². The van der Waals surface area contributed by atoms with Gasteiger partial charge in [0.15, 0.2) is 5.82 Å². The van der Waals surface area contributed by atoms with E-state index in [9.17, 15) is 0 Å². The van der Waals surface area contributed by atoms with Crippen molar-refractivity contribution in [2.45, 2.75) is 13.5 Å². The van der Waals surface area contributed by atoms with Crippen molar-refractivity contribution in [3.05, 3.63) is 82.1 Å². The Morgan fingerprint density at radius 1 is 1.03 bits per heavy atom. The first kappa shape index (κ1) is 18.8. The fourth-order valence-electron chi connectivity index (χ4n) is 3.83. The zero-order valence-corrected chi connectivity index (χ0v) is 17.8. The molecule has 5 aromatic rings. The second-order valence-electron chi connectivity index (χ2n) is 6.93. The third kappa shape index (κ3) is 3.05. The molecule has 5 rings (SSSR count). The smallest absolute Gasteiger partial charge is 0.216 e. The van der Waals surface area contributed by atoms with Crippen molar-refractivity contribution < 1.29 is 0 Å². The molecular weight excluding hydrogens is 414 g/mol. The number of hydrogen-bond acceptors (Lipinski definition) is 3. The fraction of sp³-hybridized carbons (Fsp3) is 0.0870. The number of H-pyrrole nitrogens is 1. The summed E-state index contributed by atoms with van der Waals surface area (Å²) in [5.74, 6) is 0.575. The van der Waals surface area contributed by atoms with Crippen LogP contribution in [0.5, 0.6) is 0 Å². The summed E-state index contributed by atoms with van der Waals surface area (Å²) >= 11 is 11.7. The summed E-state index contributed by atoms with van der Waals surface area (Å²) in [6.07, 6.45) is 1.79. The summed E-state index contributed by atoms with van der Waals surface area (Å²) in [6.45, 7) is 3.08. The van der Waals surface area contributed by atoms with E-state index in [2.05, 4.69) is 69.3 Å². The third-order valence-corrected chi connectivity index (χ3v) is 5.79. The molecule has 7 heteroatoms. The van der Waals surface area contributed by atoms with E-state index in [4.69, 9.17) is 23.8 Å². The Morgan fingerprint density at radius 3 is 2.63 bits per heavy atom. The van der Waals surface area contributed by atoms with E-state index in [1.165, 1.54) is 21.8 Å². The molecule has 2 aromatic heterocycles. The Bertz CT molecular complexity index is 1470. The number of aryl methyl sites for hydroxylation is 1. The van der Waals surface area contributed by atoms with Crippen LogP contribution in [0, 0.1) is 4.77 Å². The van der Waals surface area contributed by atoms with E-state index in [1.807, 2.05) is 24.3 Å². The van der Waals surface area contributed by atoms with Crippen LogP contribution in [0.1, 0.15) is 12.5 Å². The van der Waals surface area contributed by atoms with Gasteiger partial charge in [0.25, 0.3) is 0 Å². The van der Waals surface area contributed by atoms with Gasteiger partial charge in [-0.25, -0.2) is 5.10 Å². The highest BCUT2D eigenvalue weighted by Gasteiger charge is 2.12. The Labute approximate surface area is 183 Å². The topological polar surface area (TPSA) is 50.9 Å². The molecule has 0 unspecified atom stereocenters.